The number of carboxylic acid groups (broad SMARTS) is 1. The van der Waals surface area contributed by atoms with E-state index in [4.69, 9.17) is 9.57 Å². The maximum absolute atomic E-state index is 11.6. The number of nitrogens with zero attached hydrogens (tertiary/aromatic N) is 1. The number of H-pyrrole nitrogens is 1. The van der Waals surface area contributed by atoms with E-state index >= 15 is 0 Å². The number of oxime groups is 1. The molecule has 4 aromatic rings. The average Bonchev–Trinajstić information content (AvgIpc) is 3.43. The van der Waals surface area contributed by atoms with Gasteiger partial charge in [-0.1, -0.05) is 71.9 Å². The van der Waals surface area contributed by atoms with Gasteiger partial charge in [-0.25, -0.2) is 0 Å². The minimum absolute atomic E-state index is 0.315. The number of hydrogen-bond acceptors (Lipinski definition) is 4. The molecule has 0 spiro atoms. The van der Waals surface area contributed by atoms with E-state index in [1.807, 2.05) is 61.5 Å². The van der Waals surface area contributed by atoms with Gasteiger partial charge in [0.15, 0.2) is 6.61 Å². The largest absolute Gasteiger partial charge is 0.490 e. The summed E-state index contributed by atoms with van der Waals surface area (Å²) in [5.41, 5.74) is 5.75. The Balaban J connectivity index is 1.22. The number of carboxylic acids is 1. The Labute approximate surface area is 204 Å². The zero-order valence-corrected chi connectivity index (χ0v) is 19.6. The van der Waals surface area contributed by atoms with E-state index in [2.05, 4.69) is 34.4 Å². The molecule has 4 rings (SSSR count). The molecule has 0 fully saturated rings. The molecule has 0 bridgehead atoms. The monoisotopic (exact) mass is 468 g/mol. The van der Waals surface area contributed by atoms with Crippen LogP contribution in [0.3, 0.4) is 0 Å². The van der Waals surface area contributed by atoms with E-state index in [1.54, 1.807) is 18.3 Å². The van der Waals surface area contributed by atoms with Crippen molar-refractivity contribution >= 4 is 11.7 Å². The zero-order valence-electron chi connectivity index (χ0n) is 19.6. The van der Waals surface area contributed by atoms with E-state index in [1.165, 1.54) is 5.56 Å². The molecule has 0 amide bonds. The van der Waals surface area contributed by atoms with Crippen molar-refractivity contribution in [2.24, 2.45) is 5.16 Å². The molecule has 178 valence electrons. The number of hydrogen-bond donors (Lipinski definition) is 2. The van der Waals surface area contributed by atoms with E-state index < -0.39 is 11.9 Å². The Morgan fingerprint density at radius 2 is 1.60 bits per heavy atom. The summed E-state index contributed by atoms with van der Waals surface area (Å²) in [4.78, 5) is 20.0. The second kappa shape index (κ2) is 11.7. The molecule has 6 nitrogen and oxygen atoms in total. The fourth-order valence-corrected chi connectivity index (χ4v) is 3.78. The molecule has 1 aromatic heterocycles. The summed E-state index contributed by atoms with van der Waals surface area (Å²) >= 11 is 0. The highest BCUT2D eigenvalue weighted by Gasteiger charge is 2.21. The van der Waals surface area contributed by atoms with Gasteiger partial charge in [0.25, 0.3) is 0 Å². The third-order valence-electron chi connectivity index (χ3n) is 5.71. The van der Waals surface area contributed by atoms with E-state index in [0.29, 0.717) is 31.1 Å². The molecule has 6 heteroatoms. The Hall–Kier alpha value is -4.32. The van der Waals surface area contributed by atoms with Crippen LogP contribution in [0.15, 0.2) is 102 Å². The predicted octanol–water partition coefficient (Wildman–Crippen LogP) is 5.91. The smallest absolute Gasteiger partial charge is 0.312 e. The van der Waals surface area contributed by atoms with Crippen molar-refractivity contribution in [2.75, 3.05) is 13.2 Å². The Morgan fingerprint density at radius 1 is 0.886 bits per heavy atom. The van der Waals surface area contributed by atoms with Gasteiger partial charge in [-0.15, -0.1) is 0 Å². The lowest BCUT2D eigenvalue weighted by Crippen LogP contribution is -2.14. The minimum atomic E-state index is -0.854. The Bertz CT molecular complexity index is 1230. The van der Waals surface area contributed by atoms with Crippen molar-refractivity contribution in [1.29, 1.82) is 0 Å². The molecule has 0 aliphatic carbocycles. The lowest BCUT2D eigenvalue weighted by atomic mass is 9.96. The molecule has 2 N–H and O–H groups in total. The van der Waals surface area contributed by atoms with Gasteiger partial charge in [-0.2, -0.15) is 0 Å². The van der Waals surface area contributed by atoms with Crippen molar-refractivity contribution in [3.63, 3.8) is 0 Å². The number of carbonyl (C=O) groups is 1. The van der Waals surface area contributed by atoms with Crippen LogP contribution in [0.4, 0.5) is 0 Å². The summed E-state index contributed by atoms with van der Waals surface area (Å²) in [6.07, 6.45) is 2.14. The lowest BCUT2D eigenvalue weighted by molar-refractivity contribution is -0.138. The topological polar surface area (TPSA) is 83.9 Å². The summed E-state index contributed by atoms with van der Waals surface area (Å²) < 4.78 is 5.72. The number of benzene rings is 3. The lowest BCUT2D eigenvalue weighted by Gasteiger charge is -2.12. The molecule has 0 aliphatic rings. The highest BCUT2D eigenvalue weighted by Crippen LogP contribution is 2.22. The first-order valence-electron chi connectivity index (χ1n) is 11.5. The first-order chi connectivity index (χ1) is 17.1. The van der Waals surface area contributed by atoms with Gasteiger partial charge in [0, 0.05) is 11.9 Å². The van der Waals surface area contributed by atoms with Crippen LogP contribution < -0.4 is 4.74 Å². The van der Waals surface area contributed by atoms with Crippen LogP contribution in [0.2, 0.25) is 0 Å². The third kappa shape index (κ3) is 6.60. The molecule has 0 aliphatic heterocycles. The summed E-state index contributed by atoms with van der Waals surface area (Å²) in [5, 5.41) is 13.7. The van der Waals surface area contributed by atoms with Crippen molar-refractivity contribution < 1.29 is 19.5 Å². The van der Waals surface area contributed by atoms with Crippen LogP contribution in [-0.4, -0.2) is 35.0 Å². The number of nitrogens with one attached hydrogen (secondary N) is 1. The number of rotatable bonds is 11. The van der Waals surface area contributed by atoms with Crippen molar-refractivity contribution in [3.05, 3.63) is 114 Å². The van der Waals surface area contributed by atoms with E-state index in [-0.39, 0.29) is 0 Å². The Morgan fingerprint density at radius 3 is 2.26 bits per heavy atom. The van der Waals surface area contributed by atoms with Gasteiger partial charge >= 0.3 is 5.97 Å². The molecular weight excluding hydrogens is 440 g/mol. The van der Waals surface area contributed by atoms with Crippen LogP contribution in [0.5, 0.6) is 5.75 Å². The highest BCUT2D eigenvalue weighted by atomic mass is 16.6. The standard InChI is InChI=1S/C29H28N2O4/c1-21(23-11-13-25(14-12-23)24-6-3-2-4-7-24)31-35-19-18-34-26-15-9-22(10-16-26)20-27(29(32)33)28-8-5-17-30-28/h2-17,27,30H,18-20H2,1H3,(H,32,33). The number of aromatic amines is 1. The van der Waals surface area contributed by atoms with Crippen LogP contribution in [0, 0.1) is 0 Å². The number of aliphatic carboxylic acids is 1. The first kappa shape index (κ1) is 23.8. The molecular formula is C29H28N2O4. The predicted molar refractivity (Wildman–Crippen MR) is 137 cm³/mol. The highest BCUT2D eigenvalue weighted by molar-refractivity contribution is 5.98. The van der Waals surface area contributed by atoms with Crippen LogP contribution in [0.25, 0.3) is 11.1 Å². The van der Waals surface area contributed by atoms with E-state index in [0.717, 1.165) is 22.4 Å². The average molecular weight is 469 g/mol. The zero-order chi connectivity index (χ0) is 24.5. The second-order valence-corrected chi connectivity index (χ2v) is 8.17. The number of ether oxygens (including phenoxy) is 1. The SMILES string of the molecule is CC(=NOCCOc1ccc(CC(C(=O)O)c2ccc[nH]2)cc1)c1ccc(-c2ccccc2)cc1. The van der Waals surface area contributed by atoms with Gasteiger partial charge in [0.1, 0.15) is 18.3 Å². The molecule has 1 unspecified atom stereocenters. The normalized spacial score (nSPS) is 12.2. The fourth-order valence-electron chi connectivity index (χ4n) is 3.78. The van der Waals surface area contributed by atoms with Crippen LogP contribution in [-0.2, 0) is 16.1 Å². The van der Waals surface area contributed by atoms with Gasteiger partial charge in [0.2, 0.25) is 0 Å². The van der Waals surface area contributed by atoms with Crippen molar-refractivity contribution in [1.82, 2.24) is 4.98 Å². The minimum Gasteiger partial charge on any atom is -0.490 e. The fraction of sp³-hybridized carbons (Fsp3) is 0.172. The summed E-state index contributed by atoms with van der Waals surface area (Å²) in [5.74, 6) is -0.768. The van der Waals surface area contributed by atoms with Gasteiger partial charge < -0.3 is 19.7 Å². The molecule has 1 heterocycles. The quantitative estimate of drug-likeness (QED) is 0.163. The maximum atomic E-state index is 11.6. The number of aromatic nitrogens is 1. The summed E-state index contributed by atoms with van der Waals surface area (Å²) in [6.45, 7) is 2.58. The first-order valence-corrected chi connectivity index (χ1v) is 11.5. The van der Waals surface area contributed by atoms with Gasteiger partial charge in [-0.05, 0) is 59.9 Å². The van der Waals surface area contributed by atoms with E-state index in [9.17, 15) is 9.90 Å². The molecule has 35 heavy (non-hydrogen) atoms. The molecule has 0 saturated carbocycles. The van der Waals surface area contributed by atoms with Crippen molar-refractivity contribution in [3.8, 4) is 16.9 Å². The van der Waals surface area contributed by atoms with Crippen LogP contribution >= 0.6 is 0 Å². The molecule has 0 radical (unpaired) electrons. The molecule has 3 aromatic carbocycles. The molecule has 1 atom stereocenters. The summed E-state index contributed by atoms with van der Waals surface area (Å²) in [7, 11) is 0. The van der Waals surface area contributed by atoms with Gasteiger partial charge in [-0.3, -0.25) is 4.79 Å². The maximum Gasteiger partial charge on any atom is 0.312 e. The van der Waals surface area contributed by atoms with Crippen molar-refractivity contribution in [2.45, 2.75) is 19.3 Å². The summed E-state index contributed by atoms with van der Waals surface area (Å²) in [6, 6.07) is 29.5. The van der Waals surface area contributed by atoms with Crippen LogP contribution in [0.1, 0.15) is 29.7 Å². The van der Waals surface area contributed by atoms with Gasteiger partial charge in [0.05, 0.1) is 5.71 Å². The molecule has 0 saturated heterocycles. The Kier molecular flexibility index (Phi) is 7.96. The third-order valence-corrected chi connectivity index (χ3v) is 5.71. The second-order valence-electron chi connectivity index (χ2n) is 8.17.